The van der Waals surface area contributed by atoms with Crippen LogP contribution < -0.4 is 11.1 Å². The summed E-state index contributed by atoms with van der Waals surface area (Å²) in [5.41, 5.74) is 7.78. The number of rotatable bonds is 2. The number of anilines is 1. The third kappa shape index (κ3) is 2.87. The van der Waals surface area contributed by atoms with Gasteiger partial charge in [0.1, 0.15) is 0 Å². The van der Waals surface area contributed by atoms with E-state index < -0.39 is 0 Å². The SMILES string of the molecule is Cc1cccc(NC(=O)C2CCC(N)C2)c1Br. The van der Waals surface area contributed by atoms with Gasteiger partial charge in [0.05, 0.1) is 5.69 Å². The highest BCUT2D eigenvalue weighted by Gasteiger charge is 2.27. The van der Waals surface area contributed by atoms with Crippen LogP contribution in [0.5, 0.6) is 0 Å². The molecule has 0 bridgehead atoms. The molecule has 1 aromatic rings. The van der Waals surface area contributed by atoms with Gasteiger partial charge in [-0.3, -0.25) is 4.79 Å². The highest BCUT2D eigenvalue weighted by molar-refractivity contribution is 9.10. The fourth-order valence-corrected chi connectivity index (χ4v) is 2.60. The van der Waals surface area contributed by atoms with Crippen molar-refractivity contribution < 1.29 is 4.79 Å². The van der Waals surface area contributed by atoms with Crippen molar-refractivity contribution in [3.8, 4) is 0 Å². The molecule has 3 nitrogen and oxygen atoms in total. The molecular formula is C13H17BrN2O. The first kappa shape index (κ1) is 12.6. The molecule has 3 N–H and O–H groups in total. The lowest BCUT2D eigenvalue weighted by Crippen LogP contribution is -2.23. The van der Waals surface area contributed by atoms with Crippen LogP contribution in [0.3, 0.4) is 0 Å². The Kier molecular flexibility index (Phi) is 3.84. The predicted molar refractivity (Wildman–Crippen MR) is 72.8 cm³/mol. The van der Waals surface area contributed by atoms with Crippen molar-refractivity contribution in [1.29, 1.82) is 0 Å². The van der Waals surface area contributed by atoms with Gasteiger partial charge >= 0.3 is 0 Å². The van der Waals surface area contributed by atoms with E-state index in [9.17, 15) is 4.79 Å². The standard InChI is InChI=1S/C13H17BrN2O/c1-8-3-2-4-11(12(8)14)16-13(17)9-5-6-10(15)7-9/h2-4,9-10H,5-7,15H2,1H3,(H,16,17). The third-order valence-corrected chi connectivity index (χ3v) is 4.35. The zero-order valence-corrected chi connectivity index (χ0v) is 11.5. The minimum Gasteiger partial charge on any atom is -0.328 e. The van der Waals surface area contributed by atoms with Crippen LogP contribution >= 0.6 is 15.9 Å². The number of nitrogens with two attached hydrogens (primary N) is 1. The highest BCUT2D eigenvalue weighted by atomic mass is 79.9. The van der Waals surface area contributed by atoms with E-state index in [2.05, 4.69) is 21.2 Å². The lowest BCUT2D eigenvalue weighted by atomic mass is 10.1. The molecule has 2 atom stereocenters. The summed E-state index contributed by atoms with van der Waals surface area (Å²) in [5.74, 6) is 0.154. The molecule has 92 valence electrons. The molecule has 1 aliphatic carbocycles. The second kappa shape index (κ2) is 5.19. The average Bonchev–Trinajstić information content (AvgIpc) is 2.72. The van der Waals surface area contributed by atoms with E-state index in [1.165, 1.54) is 0 Å². The van der Waals surface area contributed by atoms with Crippen molar-refractivity contribution in [2.45, 2.75) is 32.2 Å². The van der Waals surface area contributed by atoms with Gasteiger partial charge in [0.15, 0.2) is 0 Å². The van der Waals surface area contributed by atoms with Gasteiger partial charge in [-0.2, -0.15) is 0 Å². The van der Waals surface area contributed by atoms with E-state index >= 15 is 0 Å². The fraction of sp³-hybridized carbons (Fsp3) is 0.462. The Balaban J connectivity index is 2.06. The second-order valence-corrected chi connectivity index (χ2v) is 5.49. The minimum absolute atomic E-state index is 0.0670. The molecule has 0 aliphatic heterocycles. The second-order valence-electron chi connectivity index (χ2n) is 4.70. The number of benzene rings is 1. The van der Waals surface area contributed by atoms with Crippen molar-refractivity contribution in [2.75, 3.05) is 5.32 Å². The van der Waals surface area contributed by atoms with Gasteiger partial charge in [0.25, 0.3) is 0 Å². The summed E-state index contributed by atoms with van der Waals surface area (Å²) in [6.07, 6.45) is 2.65. The Morgan fingerprint density at radius 1 is 1.47 bits per heavy atom. The first-order valence-corrected chi connectivity index (χ1v) is 6.69. The van der Waals surface area contributed by atoms with Gasteiger partial charge in [-0.05, 0) is 53.7 Å². The zero-order chi connectivity index (χ0) is 12.4. The molecule has 1 amide bonds. The van der Waals surface area contributed by atoms with E-state index in [0.717, 1.165) is 35.0 Å². The summed E-state index contributed by atoms with van der Waals surface area (Å²) in [4.78, 5) is 12.0. The van der Waals surface area contributed by atoms with Gasteiger partial charge in [-0.25, -0.2) is 0 Å². The summed E-state index contributed by atoms with van der Waals surface area (Å²) >= 11 is 3.49. The summed E-state index contributed by atoms with van der Waals surface area (Å²) in [5, 5.41) is 2.97. The molecule has 1 saturated carbocycles. The molecule has 1 aromatic carbocycles. The number of carbonyl (C=O) groups excluding carboxylic acids is 1. The maximum absolute atomic E-state index is 12.0. The van der Waals surface area contributed by atoms with E-state index in [1.807, 2.05) is 25.1 Å². The Labute approximate surface area is 110 Å². The zero-order valence-electron chi connectivity index (χ0n) is 9.87. The lowest BCUT2D eigenvalue weighted by molar-refractivity contribution is -0.119. The Bertz CT molecular complexity index is 433. The number of amides is 1. The van der Waals surface area contributed by atoms with Crippen LogP contribution in [0.15, 0.2) is 22.7 Å². The number of hydrogen-bond donors (Lipinski definition) is 2. The van der Waals surface area contributed by atoms with E-state index in [-0.39, 0.29) is 17.9 Å². The summed E-state index contributed by atoms with van der Waals surface area (Å²) in [6, 6.07) is 6.04. The fourth-order valence-electron chi connectivity index (χ4n) is 2.23. The molecule has 0 spiro atoms. The van der Waals surface area contributed by atoms with E-state index in [1.54, 1.807) is 0 Å². The predicted octanol–water partition coefficient (Wildman–Crippen LogP) is 2.82. The smallest absolute Gasteiger partial charge is 0.227 e. The molecule has 1 fully saturated rings. The van der Waals surface area contributed by atoms with Crippen molar-refractivity contribution in [2.24, 2.45) is 11.7 Å². The van der Waals surface area contributed by atoms with Crippen LogP contribution in [0.1, 0.15) is 24.8 Å². The average molecular weight is 297 g/mol. The number of aryl methyl sites for hydroxylation is 1. The molecule has 0 heterocycles. The van der Waals surface area contributed by atoms with E-state index in [0.29, 0.717) is 0 Å². The largest absolute Gasteiger partial charge is 0.328 e. The van der Waals surface area contributed by atoms with E-state index in [4.69, 9.17) is 5.73 Å². The van der Waals surface area contributed by atoms with Gasteiger partial charge in [0, 0.05) is 16.4 Å². The summed E-state index contributed by atoms with van der Waals surface area (Å²) in [7, 11) is 0. The van der Waals surface area contributed by atoms with Crippen LogP contribution in [0.4, 0.5) is 5.69 Å². The van der Waals surface area contributed by atoms with Crippen molar-refractivity contribution >= 4 is 27.5 Å². The van der Waals surface area contributed by atoms with Crippen molar-refractivity contribution in [3.63, 3.8) is 0 Å². The minimum atomic E-state index is 0.0670. The summed E-state index contributed by atoms with van der Waals surface area (Å²) in [6.45, 7) is 2.01. The number of carbonyl (C=O) groups is 1. The maximum Gasteiger partial charge on any atom is 0.227 e. The van der Waals surface area contributed by atoms with Crippen LogP contribution in [0, 0.1) is 12.8 Å². The Hall–Kier alpha value is -0.870. The molecule has 17 heavy (non-hydrogen) atoms. The van der Waals surface area contributed by atoms with Gasteiger partial charge in [-0.15, -0.1) is 0 Å². The molecule has 2 unspecified atom stereocenters. The number of hydrogen-bond acceptors (Lipinski definition) is 2. The van der Waals surface area contributed by atoms with Crippen LogP contribution in [-0.2, 0) is 4.79 Å². The highest BCUT2D eigenvalue weighted by Crippen LogP contribution is 2.29. The van der Waals surface area contributed by atoms with Gasteiger partial charge in [0.2, 0.25) is 5.91 Å². The van der Waals surface area contributed by atoms with Crippen LogP contribution in [-0.4, -0.2) is 11.9 Å². The van der Waals surface area contributed by atoms with Gasteiger partial charge < -0.3 is 11.1 Å². The van der Waals surface area contributed by atoms with Gasteiger partial charge in [-0.1, -0.05) is 12.1 Å². The molecular weight excluding hydrogens is 280 g/mol. The quantitative estimate of drug-likeness (QED) is 0.882. The first-order chi connectivity index (χ1) is 8.08. The Morgan fingerprint density at radius 2 is 2.24 bits per heavy atom. The molecule has 0 radical (unpaired) electrons. The van der Waals surface area contributed by atoms with Crippen molar-refractivity contribution in [1.82, 2.24) is 0 Å². The van der Waals surface area contributed by atoms with Crippen molar-refractivity contribution in [3.05, 3.63) is 28.2 Å². The third-order valence-electron chi connectivity index (χ3n) is 3.29. The molecule has 2 rings (SSSR count). The van der Waals surface area contributed by atoms with Crippen LogP contribution in [0.25, 0.3) is 0 Å². The Morgan fingerprint density at radius 3 is 2.88 bits per heavy atom. The first-order valence-electron chi connectivity index (χ1n) is 5.89. The molecule has 0 aromatic heterocycles. The normalized spacial score (nSPS) is 23.7. The van der Waals surface area contributed by atoms with Crippen LogP contribution in [0.2, 0.25) is 0 Å². The molecule has 0 saturated heterocycles. The molecule has 1 aliphatic rings. The summed E-state index contributed by atoms with van der Waals surface area (Å²) < 4.78 is 0.954. The number of halogens is 1. The lowest BCUT2D eigenvalue weighted by Gasteiger charge is -2.13. The maximum atomic E-state index is 12.0. The monoisotopic (exact) mass is 296 g/mol. The number of nitrogens with one attached hydrogen (secondary N) is 1. The molecule has 4 heteroatoms. The topological polar surface area (TPSA) is 55.1 Å².